The van der Waals surface area contributed by atoms with Crippen LogP contribution in [-0.4, -0.2) is 6.61 Å². The molecule has 2 aromatic carbocycles. The SMILES string of the molecule is CCCOc1ccc(C(Cl)c2ccc(I)cc2)cc1Br. The smallest absolute Gasteiger partial charge is 0.133 e. The zero-order chi connectivity index (χ0) is 14.5. The van der Waals surface area contributed by atoms with Crippen LogP contribution in [0.25, 0.3) is 0 Å². The van der Waals surface area contributed by atoms with E-state index in [1.165, 1.54) is 3.57 Å². The van der Waals surface area contributed by atoms with Gasteiger partial charge in [0.15, 0.2) is 0 Å². The third-order valence-electron chi connectivity index (χ3n) is 2.87. The quantitative estimate of drug-likeness (QED) is 0.379. The van der Waals surface area contributed by atoms with Gasteiger partial charge in [0, 0.05) is 3.57 Å². The van der Waals surface area contributed by atoms with Gasteiger partial charge in [-0.05, 0) is 80.3 Å². The molecule has 0 bridgehead atoms. The number of benzene rings is 2. The van der Waals surface area contributed by atoms with E-state index in [2.05, 4.69) is 69.7 Å². The number of alkyl halides is 1. The lowest BCUT2D eigenvalue weighted by Crippen LogP contribution is -1.98. The van der Waals surface area contributed by atoms with Gasteiger partial charge in [-0.1, -0.05) is 25.1 Å². The lowest BCUT2D eigenvalue weighted by Gasteiger charge is -2.13. The van der Waals surface area contributed by atoms with Crippen molar-refractivity contribution in [2.45, 2.75) is 18.7 Å². The Morgan fingerprint density at radius 1 is 1.15 bits per heavy atom. The van der Waals surface area contributed by atoms with E-state index in [0.717, 1.165) is 34.4 Å². The first-order chi connectivity index (χ1) is 9.61. The second kappa shape index (κ2) is 7.66. The standard InChI is InChI=1S/C16H15BrClIO/c1-2-9-20-15-8-5-12(10-14(15)17)16(18)11-3-6-13(19)7-4-11/h3-8,10,16H,2,9H2,1H3. The van der Waals surface area contributed by atoms with Crippen molar-refractivity contribution in [2.75, 3.05) is 6.61 Å². The summed E-state index contributed by atoms with van der Waals surface area (Å²) in [5.74, 6) is 0.863. The maximum atomic E-state index is 6.55. The molecule has 4 heteroatoms. The van der Waals surface area contributed by atoms with Gasteiger partial charge < -0.3 is 4.74 Å². The molecule has 0 aliphatic rings. The van der Waals surface area contributed by atoms with Crippen molar-refractivity contribution < 1.29 is 4.74 Å². The molecular formula is C16H15BrClIO. The van der Waals surface area contributed by atoms with E-state index in [9.17, 15) is 0 Å². The predicted octanol–water partition coefficient (Wildman–Crippen LogP) is 6.17. The lowest BCUT2D eigenvalue weighted by molar-refractivity contribution is 0.315. The Hall–Kier alpha value is -0.260. The average Bonchev–Trinajstić information content (AvgIpc) is 2.46. The maximum absolute atomic E-state index is 6.55. The maximum Gasteiger partial charge on any atom is 0.133 e. The molecule has 0 amide bonds. The Bertz CT molecular complexity index is 571. The first kappa shape index (κ1) is 16.1. The van der Waals surface area contributed by atoms with Crippen LogP contribution in [0, 0.1) is 3.57 Å². The van der Waals surface area contributed by atoms with E-state index in [0.29, 0.717) is 0 Å². The highest BCUT2D eigenvalue weighted by Crippen LogP contribution is 2.34. The minimum Gasteiger partial charge on any atom is -0.492 e. The summed E-state index contributed by atoms with van der Waals surface area (Å²) in [6.07, 6.45) is 0.995. The summed E-state index contributed by atoms with van der Waals surface area (Å²) in [5.41, 5.74) is 2.16. The molecule has 20 heavy (non-hydrogen) atoms. The van der Waals surface area contributed by atoms with Crippen LogP contribution in [0.1, 0.15) is 29.8 Å². The minimum absolute atomic E-state index is 0.150. The van der Waals surface area contributed by atoms with E-state index < -0.39 is 0 Å². The van der Waals surface area contributed by atoms with Gasteiger partial charge in [-0.15, -0.1) is 11.6 Å². The molecule has 1 nitrogen and oxygen atoms in total. The largest absolute Gasteiger partial charge is 0.492 e. The van der Waals surface area contributed by atoms with E-state index in [1.807, 2.05) is 18.2 Å². The number of rotatable bonds is 5. The van der Waals surface area contributed by atoms with Crippen LogP contribution < -0.4 is 4.74 Å². The van der Waals surface area contributed by atoms with Gasteiger partial charge in [-0.2, -0.15) is 0 Å². The monoisotopic (exact) mass is 464 g/mol. The molecule has 0 N–H and O–H groups in total. The van der Waals surface area contributed by atoms with Crippen LogP contribution in [0.2, 0.25) is 0 Å². The fraction of sp³-hybridized carbons (Fsp3) is 0.250. The Labute approximate surface area is 146 Å². The molecule has 0 aliphatic heterocycles. The first-order valence-corrected chi connectivity index (χ1v) is 8.74. The number of halogens is 3. The van der Waals surface area contributed by atoms with Gasteiger partial charge in [0.05, 0.1) is 16.5 Å². The van der Waals surface area contributed by atoms with Crippen molar-refractivity contribution in [3.8, 4) is 5.75 Å². The molecule has 0 aliphatic carbocycles. The van der Waals surface area contributed by atoms with Gasteiger partial charge in [0.25, 0.3) is 0 Å². The Kier molecular flexibility index (Phi) is 6.18. The zero-order valence-corrected chi connectivity index (χ0v) is 15.6. The number of ether oxygens (including phenoxy) is 1. The summed E-state index contributed by atoms with van der Waals surface area (Å²) < 4.78 is 7.80. The van der Waals surface area contributed by atoms with E-state index >= 15 is 0 Å². The summed E-state index contributed by atoms with van der Waals surface area (Å²) in [6.45, 7) is 2.81. The van der Waals surface area contributed by atoms with E-state index in [1.54, 1.807) is 0 Å². The van der Waals surface area contributed by atoms with Crippen molar-refractivity contribution in [3.63, 3.8) is 0 Å². The molecule has 2 rings (SSSR count). The van der Waals surface area contributed by atoms with E-state index in [-0.39, 0.29) is 5.38 Å². The molecule has 0 saturated carbocycles. The molecular weight excluding hydrogens is 450 g/mol. The first-order valence-electron chi connectivity index (χ1n) is 6.43. The van der Waals surface area contributed by atoms with Crippen LogP contribution in [0.3, 0.4) is 0 Å². The number of hydrogen-bond donors (Lipinski definition) is 0. The van der Waals surface area contributed by atoms with Gasteiger partial charge in [0.2, 0.25) is 0 Å². The summed E-state index contributed by atoms with van der Waals surface area (Å²) in [4.78, 5) is 0. The molecule has 0 aromatic heterocycles. The Morgan fingerprint density at radius 3 is 2.40 bits per heavy atom. The highest BCUT2D eigenvalue weighted by Gasteiger charge is 2.12. The van der Waals surface area contributed by atoms with Crippen LogP contribution in [-0.2, 0) is 0 Å². The third kappa shape index (κ3) is 4.12. The third-order valence-corrected chi connectivity index (χ3v) is 4.72. The second-order valence-electron chi connectivity index (χ2n) is 4.45. The summed E-state index contributed by atoms with van der Waals surface area (Å²) in [6, 6.07) is 14.3. The Balaban J connectivity index is 2.20. The summed E-state index contributed by atoms with van der Waals surface area (Å²) in [7, 11) is 0. The fourth-order valence-electron chi connectivity index (χ4n) is 1.83. The second-order valence-corrected chi connectivity index (χ2v) is 6.99. The van der Waals surface area contributed by atoms with Crippen LogP contribution in [0.15, 0.2) is 46.9 Å². The Morgan fingerprint density at radius 2 is 1.80 bits per heavy atom. The van der Waals surface area contributed by atoms with Crippen LogP contribution in [0.4, 0.5) is 0 Å². The summed E-state index contributed by atoms with van der Waals surface area (Å²) in [5, 5.41) is -0.150. The molecule has 1 atom stereocenters. The molecule has 0 saturated heterocycles. The lowest BCUT2D eigenvalue weighted by atomic mass is 10.0. The zero-order valence-electron chi connectivity index (χ0n) is 11.1. The topological polar surface area (TPSA) is 9.23 Å². The highest BCUT2D eigenvalue weighted by molar-refractivity contribution is 14.1. The van der Waals surface area contributed by atoms with Gasteiger partial charge in [-0.25, -0.2) is 0 Å². The van der Waals surface area contributed by atoms with Gasteiger partial charge in [-0.3, -0.25) is 0 Å². The molecule has 1 unspecified atom stereocenters. The summed E-state index contributed by atoms with van der Waals surface area (Å²) >= 11 is 12.4. The van der Waals surface area contributed by atoms with E-state index in [4.69, 9.17) is 16.3 Å². The highest BCUT2D eigenvalue weighted by atomic mass is 127. The predicted molar refractivity (Wildman–Crippen MR) is 96.8 cm³/mol. The number of hydrogen-bond acceptors (Lipinski definition) is 1. The normalized spacial score (nSPS) is 12.2. The van der Waals surface area contributed by atoms with Crippen LogP contribution in [0.5, 0.6) is 5.75 Å². The average molecular weight is 466 g/mol. The molecule has 0 fully saturated rings. The van der Waals surface area contributed by atoms with Crippen molar-refractivity contribution in [2.24, 2.45) is 0 Å². The van der Waals surface area contributed by atoms with Gasteiger partial charge in [0.1, 0.15) is 5.75 Å². The van der Waals surface area contributed by atoms with Crippen molar-refractivity contribution >= 4 is 50.1 Å². The van der Waals surface area contributed by atoms with Gasteiger partial charge >= 0.3 is 0 Å². The molecule has 106 valence electrons. The fourth-order valence-corrected chi connectivity index (χ4v) is 2.98. The van der Waals surface area contributed by atoms with Crippen molar-refractivity contribution in [1.82, 2.24) is 0 Å². The van der Waals surface area contributed by atoms with Crippen molar-refractivity contribution in [3.05, 3.63) is 61.6 Å². The molecule has 0 radical (unpaired) electrons. The molecule has 2 aromatic rings. The minimum atomic E-state index is -0.150. The molecule has 0 spiro atoms. The molecule has 0 heterocycles. The van der Waals surface area contributed by atoms with Crippen molar-refractivity contribution in [1.29, 1.82) is 0 Å². The van der Waals surface area contributed by atoms with Crippen LogP contribution >= 0.6 is 50.1 Å².